The minimum atomic E-state index is -4.45. The molecule has 0 spiro atoms. The summed E-state index contributed by atoms with van der Waals surface area (Å²) in [6.07, 6.45) is -4.45. The second-order valence-corrected chi connectivity index (χ2v) is 4.90. The summed E-state index contributed by atoms with van der Waals surface area (Å²) in [5.74, 6) is 0. The van der Waals surface area contributed by atoms with Crippen molar-refractivity contribution in [1.82, 2.24) is 4.98 Å². The molecule has 0 saturated carbocycles. The molecule has 0 amide bonds. The van der Waals surface area contributed by atoms with E-state index in [-0.39, 0.29) is 17.9 Å². The monoisotopic (exact) mass is 295 g/mol. The zero-order chi connectivity index (χ0) is 15.6. The lowest BCUT2D eigenvalue weighted by molar-refractivity contribution is -0.137. The highest BCUT2D eigenvalue weighted by molar-refractivity contribution is 5.60. The molecule has 1 heterocycles. The van der Waals surface area contributed by atoms with Gasteiger partial charge in [0, 0.05) is 24.1 Å². The largest absolute Gasteiger partial charge is 0.418 e. The first-order valence-electron chi connectivity index (χ1n) is 6.38. The van der Waals surface area contributed by atoms with Gasteiger partial charge in [-0.05, 0) is 37.3 Å². The summed E-state index contributed by atoms with van der Waals surface area (Å²) in [6, 6.07) is 9.26. The molecular formula is C15H16F3N3. The van der Waals surface area contributed by atoms with Crippen LogP contribution in [0.2, 0.25) is 0 Å². The van der Waals surface area contributed by atoms with Gasteiger partial charge < -0.3 is 10.6 Å². The summed E-state index contributed by atoms with van der Waals surface area (Å²) in [5.41, 5.74) is 6.44. The predicted molar refractivity (Wildman–Crippen MR) is 76.9 cm³/mol. The fraction of sp³-hybridized carbons (Fsp3) is 0.267. The molecule has 0 saturated heterocycles. The third-order valence-corrected chi connectivity index (χ3v) is 3.08. The third kappa shape index (κ3) is 3.65. The number of halogens is 3. The van der Waals surface area contributed by atoms with E-state index in [1.54, 1.807) is 13.1 Å². The van der Waals surface area contributed by atoms with Gasteiger partial charge in [-0.15, -0.1) is 0 Å². The fourth-order valence-corrected chi connectivity index (χ4v) is 2.13. The molecule has 0 fully saturated rings. The first-order valence-corrected chi connectivity index (χ1v) is 6.38. The van der Waals surface area contributed by atoms with E-state index in [0.717, 1.165) is 11.8 Å². The van der Waals surface area contributed by atoms with Crippen LogP contribution < -0.4 is 10.6 Å². The number of nitrogens with two attached hydrogens (primary N) is 1. The van der Waals surface area contributed by atoms with E-state index in [1.165, 1.54) is 17.0 Å². The molecule has 0 atom stereocenters. The number of nitrogens with zero attached hydrogens (tertiary/aromatic N) is 2. The van der Waals surface area contributed by atoms with Crippen molar-refractivity contribution in [3.8, 4) is 0 Å². The predicted octanol–water partition coefficient (Wildman–Crippen LogP) is 3.63. The summed E-state index contributed by atoms with van der Waals surface area (Å²) in [7, 11) is 1.60. The molecular weight excluding hydrogens is 279 g/mol. The van der Waals surface area contributed by atoms with E-state index in [9.17, 15) is 13.2 Å². The molecule has 6 heteroatoms. The summed E-state index contributed by atoms with van der Waals surface area (Å²) >= 11 is 0. The Bertz CT molecular complexity index is 638. The Labute approximate surface area is 121 Å². The first kappa shape index (κ1) is 15.2. The average molecular weight is 295 g/mol. The normalized spacial score (nSPS) is 11.5. The number of rotatable bonds is 3. The minimum Gasteiger partial charge on any atom is -0.399 e. The smallest absolute Gasteiger partial charge is 0.399 e. The molecule has 2 rings (SSSR count). The number of anilines is 2. The number of nitrogen functional groups attached to an aromatic ring is 1. The Hall–Kier alpha value is -2.24. The van der Waals surface area contributed by atoms with E-state index < -0.39 is 11.7 Å². The van der Waals surface area contributed by atoms with Crippen LogP contribution in [0.1, 0.15) is 17.0 Å². The van der Waals surface area contributed by atoms with Crippen LogP contribution in [0.25, 0.3) is 0 Å². The van der Waals surface area contributed by atoms with Crippen molar-refractivity contribution in [1.29, 1.82) is 0 Å². The average Bonchev–Trinajstić information content (AvgIpc) is 2.37. The Kier molecular flexibility index (Phi) is 4.06. The van der Waals surface area contributed by atoms with Crippen LogP contribution in [-0.4, -0.2) is 12.0 Å². The van der Waals surface area contributed by atoms with Gasteiger partial charge in [0.25, 0.3) is 0 Å². The highest BCUT2D eigenvalue weighted by Crippen LogP contribution is 2.37. The Morgan fingerprint density at radius 2 is 1.90 bits per heavy atom. The molecule has 112 valence electrons. The molecule has 21 heavy (non-hydrogen) atoms. The van der Waals surface area contributed by atoms with Crippen LogP contribution in [-0.2, 0) is 12.7 Å². The maximum Gasteiger partial charge on any atom is 0.418 e. The molecule has 0 aliphatic carbocycles. The lowest BCUT2D eigenvalue weighted by atomic mass is 10.1. The van der Waals surface area contributed by atoms with Crippen LogP contribution in [0.5, 0.6) is 0 Å². The van der Waals surface area contributed by atoms with Crippen molar-refractivity contribution in [2.75, 3.05) is 17.7 Å². The fourth-order valence-electron chi connectivity index (χ4n) is 2.13. The van der Waals surface area contributed by atoms with Gasteiger partial charge in [-0.25, -0.2) is 0 Å². The van der Waals surface area contributed by atoms with E-state index >= 15 is 0 Å². The number of alkyl halides is 3. The summed E-state index contributed by atoms with van der Waals surface area (Å²) in [6.45, 7) is 2.13. The minimum absolute atomic E-state index is 0.0833. The van der Waals surface area contributed by atoms with Crippen molar-refractivity contribution >= 4 is 11.4 Å². The quantitative estimate of drug-likeness (QED) is 0.879. The Morgan fingerprint density at radius 3 is 2.52 bits per heavy atom. The maximum absolute atomic E-state index is 13.1. The molecule has 0 radical (unpaired) electrons. The van der Waals surface area contributed by atoms with Crippen molar-refractivity contribution in [3.05, 3.63) is 53.3 Å². The van der Waals surface area contributed by atoms with Gasteiger partial charge in [0.05, 0.1) is 17.8 Å². The highest BCUT2D eigenvalue weighted by Gasteiger charge is 2.34. The molecule has 1 aromatic heterocycles. The van der Waals surface area contributed by atoms with E-state index in [1.807, 2.05) is 19.1 Å². The van der Waals surface area contributed by atoms with Gasteiger partial charge in [-0.3, -0.25) is 4.98 Å². The molecule has 0 aliphatic rings. The van der Waals surface area contributed by atoms with Crippen LogP contribution in [0.4, 0.5) is 24.5 Å². The van der Waals surface area contributed by atoms with Crippen LogP contribution in [0.3, 0.4) is 0 Å². The Morgan fingerprint density at radius 1 is 1.19 bits per heavy atom. The lowest BCUT2D eigenvalue weighted by Gasteiger charge is -2.23. The van der Waals surface area contributed by atoms with E-state index in [0.29, 0.717) is 5.69 Å². The maximum atomic E-state index is 13.1. The molecule has 1 aromatic carbocycles. The zero-order valence-electron chi connectivity index (χ0n) is 11.8. The molecule has 3 nitrogen and oxygen atoms in total. The summed E-state index contributed by atoms with van der Waals surface area (Å²) in [5, 5.41) is 0. The van der Waals surface area contributed by atoms with Gasteiger partial charge in [-0.2, -0.15) is 13.2 Å². The molecule has 0 aliphatic heterocycles. The number of aromatic nitrogens is 1. The molecule has 2 aromatic rings. The van der Waals surface area contributed by atoms with Gasteiger partial charge in [0.15, 0.2) is 0 Å². The summed E-state index contributed by atoms with van der Waals surface area (Å²) in [4.78, 5) is 5.82. The zero-order valence-corrected chi connectivity index (χ0v) is 11.8. The van der Waals surface area contributed by atoms with E-state index in [2.05, 4.69) is 4.98 Å². The molecule has 0 bridgehead atoms. The summed E-state index contributed by atoms with van der Waals surface area (Å²) < 4.78 is 39.3. The highest BCUT2D eigenvalue weighted by atomic mass is 19.4. The van der Waals surface area contributed by atoms with Crippen molar-refractivity contribution in [3.63, 3.8) is 0 Å². The van der Waals surface area contributed by atoms with Gasteiger partial charge >= 0.3 is 6.18 Å². The first-order chi connectivity index (χ1) is 9.77. The SMILES string of the molecule is Cc1cccc(CN(C)c2ccc(N)cc2C(F)(F)F)n1. The van der Waals surface area contributed by atoms with E-state index in [4.69, 9.17) is 5.73 Å². The van der Waals surface area contributed by atoms with Crippen LogP contribution in [0, 0.1) is 6.92 Å². The molecule has 0 unspecified atom stereocenters. The van der Waals surface area contributed by atoms with Gasteiger partial charge in [0.2, 0.25) is 0 Å². The number of aryl methyl sites for hydroxylation is 1. The topological polar surface area (TPSA) is 42.1 Å². The van der Waals surface area contributed by atoms with Crippen molar-refractivity contribution in [2.24, 2.45) is 0 Å². The Balaban J connectivity index is 2.33. The standard InChI is InChI=1S/C15H16F3N3/c1-10-4-3-5-12(20-10)9-21(2)14-7-6-11(19)8-13(14)15(16,17)18/h3-8H,9,19H2,1-2H3. The van der Waals surface area contributed by atoms with Crippen LogP contribution in [0.15, 0.2) is 36.4 Å². The second-order valence-electron chi connectivity index (χ2n) is 4.90. The number of benzene rings is 1. The van der Waals surface area contributed by atoms with Gasteiger partial charge in [0.1, 0.15) is 0 Å². The van der Waals surface area contributed by atoms with Crippen LogP contribution >= 0.6 is 0 Å². The number of hydrogen-bond donors (Lipinski definition) is 1. The van der Waals surface area contributed by atoms with Gasteiger partial charge in [-0.1, -0.05) is 6.07 Å². The molecule has 2 N–H and O–H groups in total. The third-order valence-electron chi connectivity index (χ3n) is 3.08. The van der Waals surface area contributed by atoms with Crippen molar-refractivity contribution in [2.45, 2.75) is 19.6 Å². The second kappa shape index (κ2) is 5.63. The number of pyridine rings is 1. The van der Waals surface area contributed by atoms with Crippen molar-refractivity contribution < 1.29 is 13.2 Å². The lowest BCUT2D eigenvalue weighted by Crippen LogP contribution is -2.21. The number of hydrogen-bond acceptors (Lipinski definition) is 3.